The third-order valence-corrected chi connectivity index (χ3v) is 4.59. The van der Waals surface area contributed by atoms with Crippen LogP contribution in [0.3, 0.4) is 0 Å². The van der Waals surface area contributed by atoms with E-state index in [0.717, 1.165) is 33.0 Å². The molecular weight excluding hydrogens is 298 g/mol. The summed E-state index contributed by atoms with van der Waals surface area (Å²) < 4.78 is 0. The maximum Gasteiger partial charge on any atom is 0.270 e. The number of amides is 1. The van der Waals surface area contributed by atoms with Crippen LogP contribution in [0.25, 0.3) is 0 Å². The molecule has 0 radical (unpaired) electrons. The van der Waals surface area contributed by atoms with Crippen molar-refractivity contribution in [2.24, 2.45) is 4.99 Å². The molecule has 0 saturated carbocycles. The molecule has 1 amide bonds. The quantitative estimate of drug-likeness (QED) is 0.830. The number of anilines is 1. The number of hydrogen-bond acceptors (Lipinski definition) is 4. The van der Waals surface area contributed by atoms with Crippen LogP contribution in [0.15, 0.2) is 69.7 Å². The lowest BCUT2D eigenvalue weighted by Gasteiger charge is -2.16. The molecule has 2 aliphatic heterocycles. The van der Waals surface area contributed by atoms with Crippen molar-refractivity contribution < 1.29 is 15.5 Å². The fourth-order valence-corrected chi connectivity index (χ4v) is 3.51. The lowest BCUT2D eigenvalue weighted by Crippen LogP contribution is -2.73. The van der Waals surface area contributed by atoms with Crippen LogP contribution in [0.5, 0.6) is 0 Å². The molecule has 0 atom stereocenters. The first-order valence-corrected chi connectivity index (χ1v) is 7.88. The van der Waals surface area contributed by atoms with Gasteiger partial charge < -0.3 is 0 Å². The monoisotopic (exact) mass is 314 g/mol. The van der Waals surface area contributed by atoms with E-state index < -0.39 is 0 Å². The van der Waals surface area contributed by atoms with Gasteiger partial charge in [-0.3, -0.25) is 14.7 Å². The molecule has 2 aliphatic rings. The predicted octanol–water partition coefficient (Wildman–Crippen LogP) is 1.46. The molecule has 2 heterocycles. The molecule has 6 heteroatoms. The van der Waals surface area contributed by atoms with Crippen molar-refractivity contribution in [3.05, 3.63) is 64.7 Å². The van der Waals surface area contributed by atoms with Gasteiger partial charge in [0.15, 0.2) is 0 Å². The largest absolute Gasteiger partial charge is 0.270 e. The number of nitrogens with two attached hydrogens (primary N) is 1. The van der Waals surface area contributed by atoms with Gasteiger partial charge in [-0.2, -0.15) is 5.48 Å². The number of hydroxylamine groups is 1. The van der Waals surface area contributed by atoms with E-state index in [1.807, 2.05) is 36.4 Å². The maximum absolute atomic E-state index is 12.8. The Kier molecular flexibility index (Phi) is 4.53. The Labute approximate surface area is 132 Å². The number of nitrogens with zero attached hydrogens (tertiary/aromatic N) is 2. The highest BCUT2D eigenvalue weighted by Crippen LogP contribution is 2.38. The predicted molar refractivity (Wildman–Crippen MR) is 87.7 cm³/mol. The molecule has 0 aliphatic carbocycles. The van der Waals surface area contributed by atoms with Crippen LogP contribution in [0.2, 0.25) is 0 Å². The topological polar surface area (TPSA) is 69.5 Å². The second-order valence-corrected chi connectivity index (χ2v) is 5.77. The third kappa shape index (κ3) is 2.89. The number of carbonyl (C=O) groups excluding carboxylic acids is 1. The van der Waals surface area contributed by atoms with E-state index in [2.05, 4.69) is 4.99 Å². The van der Waals surface area contributed by atoms with Gasteiger partial charge in [-0.05, 0) is 29.4 Å². The van der Waals surface area contributed by atoms with Crippen molar-refractivity contribution in [2.75, 3.05) is 17.2 Å². The number of quaternary nitrogens is 1. The summed E-state index contributed by atoms with van der Waals surface area (Å²) in [4.78, 5) is 19.5. The van der Waals surface area contributed by atoms with Crippen molar-refractivity contribution in [1.82, 2.24) is 0 Å². The second kappa shape index (κ2) is 6.74. The van der Waals surface area contributed by atoms with Crippen molar-refractivity contribution in [2.45, 2.75) is 0 Å². The number of hydrogen-bond donors (Lipinski definition) is 2. The minimum atomic E-state index is -0.0337. The van der Waals surface area contributed by atoms with Gasteiger partial charge in [-0.1, -0.05) is 24.3 Å². The highest BCUT2D eigenvalue weighted by atomic mass is 32.2. The first-order chi connectivity index (χ1) is 10.8. The van der Waals surface area contributed by atoms with Crippen LogP contribution < -0.4 is 10.4 Å². The van der Waals surface area contributed by atoms with Crippen LogP contribution in [0.4, 0.5) is 5.69 Å². The highest BCUT2D eigenvalue weighted by molar-refractivity contribution is 8.04. The van der Waals surface area contributed by atoms with Crippen LogP contribution in [-0.4, -0.2) is 29.8 Å². The Morgan fingerprint density at radius 3 is 2.91 bits per heavy atom. The van der Waals surface area contributed by atoms with Crippen LogP contribution in [0, 0.1) is 0 Å². The summed E-state index contributed by atoms with van der Waals surface area (Å²) >= 11 is 1.55. The molecule has 112 valence electrons. The van der Waals surface area contributed by atoms with Gasteiger partial charge in [0.2, 0.25) is 0 Å². The first-order valence-electron chi connectivity index (χ1n) is 6.89. The Hall–Kier alpha value is -2.15. The first kappa shape index (κ1) is 14.8. The van der Waals surface area contributed by atoms with E-state index in [1.165, 1.54) is 0 Å². The molecule has 0 aromatic heterocycles. The molecule has 5 nitrogen and oxygen atoms in total. The van der Waals surface area contributed by atoms with Gasteiger partial charge in [-0.25, -0.2) is 5.21 Å². The molecule has 1 aromatic carbocycles. The number of para-hydroxylation sites is 1. The van der Waals surface area contributed by atoms with E-state index >= 15 is 0 Å². The van der Waals surface area contributed by atoms with E-state index in [9.17, 15) is 4.79 Å². The summed E-state index contributed by atoms with van der Waals surface area (Å²) in [5.74, 6) is 0.721. The minimum absolute atomic E-state index is 0.0337. The zero-order chi connectivity index (χ0) is 15.4. The zero-order valence-corrected chi connectivity index (χ0v) is 12.7. The minimum Gasteiger partial charge on any atom is -0.270 e. The summed E-state index contributed by atoms with van der Waals surface area (Å²) in [6.45, 7) is 0.500. The Balaban J connectivity index is 1.92. The standard InChI is InChI=1S/C16H15N3O2S/c20-16-15-14(12(10-22-15)5-4-8-18-21)9-17-11-19(16)13-6-2-1-3-7-13/h1-8,11,18,21H,9-10H2/p+1/b8-4-,12-5+. The summed E-state index contributed by atoms with van der Waals surface area (Å²) in [7, 11) is 0. The number of benzene rings is 1. The van der Waals surface area contributed by atoms with E-state index in [-0.39, 0.29) is 5.91 Å². The van der Waals surface area contributed by atoms with Crippen molar-refractivity contribution >= 4 is 29.7 Å². The SMILES string of the molecule is O=C1C2=C(CN=CN1c1ccccc1)/C(=C/C=C\[NH2+]O)CS2. The molecule has 0 saturated heterocycles. The molecule has 0 bridgehead atoms. The zero-order valence-electron chi connectivity index (χ0n) is 11.8. The van der Waals surface area contributed by atoms with Gasteiger partial charge >= 0.3 is 0 Å². The maximum atomic E-state index is 12.8. The Morgan fingerprint density at radius 1 is 1.32 bits per heavy atom. The molecule has 0 unspecified atom stereocenters. The van der Waals surface area contributed by atoms with Crippen LogP contribution in [-0.2, 0) is 4.79 Å². The third-order valence-electron chi connectivity index (χ3n) is 3.42. The molecule has 1 aromatic rings. The molecule has 3 N–H and O–H groups in total. The second-order valence-electron chi connectivity index (χ2n) is 4.79. The number of carbonyl (C=O) groups is 1. The fourth-order valence-electron chi connectivity index (χ4n) is 2.35. The van der Waals surface area contributed by atoms with Crippen molar-refractivity contribution in [3.8, 4) is 0 Å². The normalized spacial score (nSPS) is 20.1. The van der Waals surface area contributed by atoms with Crippen LogP contribution >= 0.6 is 11.8 Å². The van der Waals surface area contributed by atoms with Gasteiger partial charge in [0.05, 0.1) is 23.5 Å². The average Bonchev–Trinajstić information content (AvgIpc) is 2.87. The van der Waals surface area contributed by atoms with Crippen LogP contribution in [0.1, 0.15) is 0 Å². The van der Waals surface area contributed by atoms with Gasteiger partial charge in [-0.15, -0.1) is 11.8 Å². The summed E-state index contributed by atoms with van der Waals surface area (Å²) in [6.07, 6.45) is 6.84. The molecular formula is C16H16N3O2S+. The summed E-state index contributed by atoms with van der Waals surface area (Å²) in [5, 5.41) is 8.68. The Bertz CT molecular complexity index is 693. The number of allylic oxidation sites excluding steroid dienone is 2. The molecule has 0 fully saturated rings. The van der Waals surface area contributed by atoms with Gasteiger partial charge in [0.25, 0.3) is 5.91 Å². The number of rotatable bonds is 3. The molecule has 22 heavy (non-hydrogen) atoms. The number of aliphatic imine (C=N–C) groups is 1. The van der Waals surface area contributed by atoms with E-state index in [4.69, 9.17) is 5.21 Å². The lowest BCUT2D eigenvalue weighted by atomic mass is 10.1. The highest BCUT2D eigenvalue weighted by Gasteiger charge is 2.30. The number of thioether (sulfide) groups is 1. The van der Waals surface area contributed by atoms with Gasteiger partial charge in [0.1, 0.15) is 6.20 Å². The van der Waals surface area contributed by atoms with Gasteiger partial charge in [0, 0.05) is 5.75 Å². The van der Waals surface area contributed by atoms with E-state index in [1.54, 1.807) is 35.3 Å². The fraction of sp³-hybridized carbons (Fsp3) is 0.125. The summed E-state index contributed by atoms with van der Waals surface area (Å²) in [6, 6.07) is 9.51. The summed E-state index contributed by atoms with van der Waals surface area (Å²) in [5.41, 5.74) is 3.87. The lowest BCUT2D eigenvalue weighted by molar-refractivity contribution is -0.838. The van der Waals surface area contributed by atoms with Crippen molar-refractivity contribution in [1.29, 1.82) is 0 Å². The molecule has 3 rings (SSSR count). The van der Waals surface area contributed by atoms with Crippen molar-refractivity contribution in [3.63, 3.8) is 0 Å². The Morgan fingerprint density at radius 2 is 2.14 bits per heavy atom. The average molecular weight is 314 g/mol. The molecule has 0 spiro atoms. The smallest absolute Gasteiger partial charge is 0.270 e. The van der Waals surface area contributed by atoms with E-state index in [0.29, 0.717) is 6.54 Å².